The second-order valence-electron chi connectivity index (χ2n) is 6.48. The fourth-order valence-electron chi connectivity index (χ4n) is 3.35. The largest absolute Gasteiger partial charge is 0.324 e. The van der Waals surface area contributed by atoms with Gasteiger partial charge in [0.2, 0.25) is 5.91 Å². The minimum Gasteiger partial charge on any atom is -0.324 e. The van der Waals surface area contributed by atoms with Crippen LogP contribution in [0.5, 0.6) is 0 Å². The van der Waals surface area contributed by atoms with E-state index in [4.69, 9.17) is 11.6 Å². The van der Waals surface area contributed by atoms with Gasteiger partial charge in [0.05, 0.1) is 5.69 Å². The lowest BCUT2D eigenvalue weighted by molar-refractivity contribution is -0.117. The first kappa shape index (κ1) is 16.8. The van der Waals surface area contributed by atoms with Crippen molar-refractivity contribution in [2.45, 2.75) is 39.2 Å². The predicted molar refractivity (Wildman–Crippen MR) is 98.7 cm³/mol. The molecular formula is C18H18ClN5O2. The maximum atomic E-state index is 12.8. The fraction of sp³-hybridized carbons (Fsp3) is 0.333. The van der Waals surface area contributed by atoms with Gasteiger partial charge in [-0.05, 0) is 50.3 Å². The first-order valence-electron chi connectivity index (χ1n) is 8.56. The van der Waals surface area contributed by atoms with Gasteiger partial charge in [0.25, 0.3) is 5.56 Å². The molecule has 1 amide bonds. The lowest BCUT2D eigenvalue weighted by Gasteiger charge is -2.11. The molecule has 0 unspecified atom stereocenters. The van der Waals surface area contributed by atoms with Gasteiger partial charge in [0.15, 0.2) is 0 Å². The highest BCUT2D eigenvalue weighted by Crippen LogP contribution is 2.23. The van der Waals surface area contributed by atoms with E-state index in [9.17, 15) is 9.59 Å². The van der Waals surface area contributed by atoms with E-state index < -0.39 is 0 Å². The average Bonchev–Trinajstić information content (AvgIpc) is 3.01. The van der Waals surface area contributed by atoms with Crippen LogP contribution in [0, 0.1) is 6.92 Å². The standard InChI is InChI=1S/C18H18ClN5O2/c1-11-13(19)6-4-8-14(11)21-16(25)9-23-18(26)17-12-5-2-3-7-15(12)22-24(17)10-20-23/h4,6,8,10H,2-3,5,7,9H2,1H3,(H,21,25). The smallest absolute Gasteiger partial charge is 0.293 e. The van der Waals surface area contributed by atoms with Crippen molar-refractivity contribution in [2.75, 3.05) is 5.32 Å². The van der Waals surface area contributed by atoms with Crippen molar-refractivity contribution < 1.29 is 4.79 Å². The number of fused-ring (bicyclic) bond motifs is 3. The van der Waals surface area contributed by atoms with E-state index >= 15 is 0 Å². The van der Waals surface area contributed by atoms with Crippen LogP contribution in [0.15, 0.2) is 29.3 Å². The third kappa shape index (κ3) is 2.88. The first-order chi connectivity index (χ1) is 12.5. The zero-order valence-electron chi connectivity index (χ0n) is 14.3. The Morgan fingerprint density at radius 2 is 2.12 bits per heavy atom. The van der Waals surface area contributed by atoms with Crippen LogP contribution in [0.1, 0.15) is 29.7 Å². The maximum absolute atomic E-state index is 12.8. The van der Waals surface area contributed by atoms with Crippen molar-refractivity contribution in [1.82, 2.24) is 19.4 Å². The molecule has 26 heavy (non-hydrogen) atoms. The van der Waals surface area contributed by atoms with Gasteiger partial charge in [0.1, 0.15) is 18.4 Å². The van der Waals surface area contributed by atoms with E-state index in [-0.39, 0.29) is 18.0 Å². The monoisotopic (exact) mass is 371 g/mol. The summed E-state index contributed by atoms with van der Waals surface area (Å²) in [6.07, 6.45) is 5.34. The summed E-state index contributed by atoms with van der Waals surface area (Å²) < 4.78 is 2.72. The van der Waals surface area contributed by atoms with E-state index in [2.05, 4.69) is 15.5 Å². The molecule has 0 atom stereocenters. The van der Waals surface area contributed by atoms with E-state index in [1.807, 2.05) is 6.92 Å². The molecule has 4 rings (SSSR count). The molecule has 3 aromatic rings. The zero-order chi connectivity index (χ0) is 18.3. The molecule has 0 saturated heterocycles. The summed E-state index contributed by atoms with van der Waals surface area (Å²) in [5.74, 6) is -0.331. The minimum atomic E-state index is -0.331. The van der Waals surface area contributed by atoms with Crippen LogP contribution in [0.25, 0.3) is 5.52 Å². The number of anilines is 1. The molecule has 2 heterocycles. The number of carbonyl (C=O) groups is 1. The molecule has 1 aliphatic rings. The Morgan fingerprint density at radius 1 is 1.31 bits per heavy atom. The summed E-state index contributed by atoms with van der Waals surface area (Å²) >= 11 is 6.07. The van der Waals surface area contributed by atoms with Gasteiger partial charge >= 0.3 is 0 Å². The van der Waals surface area contributed by atoms with E-state index in [0.29, 0.717) is 16.2 Å². The van der Waals surface area contributed by atoms with Gasteiger partial charge in [-0.2, -0.15) is 10.2 Å². The Kier molecular flexibility index (Phi) is 4.24. The molecular weight excluding hydrogens is 354 g/mol. The Bertz CT molecular complexity index is 1070. The van der Waals surface area contributed by atoms with Crippen LogP contribution in [-0.4, -0.2) is 25.3 Å². The number of hydrogen-bond acceptors (Lipinski definition) is 4. The number of carbonyl (C=O) groups excluding carboxylic acids is 1. The Hall–Kier alpha value is -2.67. The number of aromatic nitrogens is 4. The van der Waals surface area contributed by atoms with E-state index in [1.165, 1.54) is 15.5 Å². The van der Waals surface area contributed by atoms with Gasteiger partial charge in [-0.1, -0.05) is 17.7 Å². The van der Waals surface area contributed by atoms with Crippen molar-refractivity contribution in [3.8, 4) is 0 Å². The maximum Gasteiger partial charge on any atom is 0.293 e. The van der Waals surface area contributed by atoms with Gasteiger partial charge in [-0.15, -0.1) is 0 Å². The number of nitrogens with zero attached hydrogens (tertiary/aromatic N) is 4. The van der Waals surface area contributed by atoms with Crippen LogP contribution in [-0.2, 0) is 24.2 Å². The van der Waals surface area contributed by atoms with Gasteiger partial charge in [-0.25, -0.2) is 9.20 Å². The molecule has 134 valence electrons. The molecule has 1 N–H and O–H groups in total. The van der Waals surface area contributed by atoms with Crippen LogP contribution >= 0.6 is 11.6 Å². The number of halogens is 1. The molecule has 2 aromatic heterocycles. The highest BCUT2D eigenvalue weighted by atomic mass is 35.5. The fourth-order valence-corrected chi connectivity index (χ4v) is 3.53. The highest BCUT2D eigenvalue weighted by molar-refractivity contribution is 6.31. The molecule has 0 fully saturated rings. The third-order valence-electron chi connectivity index (χ3n) is 4.75. The van der Waals surface area contributed by atoms with Crippen molar-refractivity contribution >= 4 is 28.7 Å². The number of rotatable bonds is 3. The topological polar surface area (TPSA) is 81.3 Å². The lowest BCUT2D eigenvalue weighted by Crippen LogP contribution is -2.31. The molecule has 0 radical (unpaired) electrons. The summed E-state index contributed by atoms with van der Waals surface area (Å²) in [5, 5.41) is 11.9. The van der Waals surface area contributed by atoms with Gasteiger partial charge in [0, 0.05) is 16.3 Å². The van der Waals surface area contributed by atoms with Crippen LogP contribution in [0.2, 0.25) is 5.02 Å². The second-order valence-corrected chi connectivity index (χ2v) is 6.89. The van der Waals surface area contributed by atoms with Gasteiger partial charge < -0.3 is 5.32 Å². The van der Waals surface area contributed by atoms with Crippen molar-refractivity contribution in [2.24, 2.45) is 0 Å². The second kappa shape index (κ2) is 6.57. The molecule has 7 nitrogen and oxygen atoms in total. The summed E-state index contributed by atoms with van der Waals surface area (Å²) in [6.45, 7) is 1.66. The van der Waals surface area contributed by atoms with Crippen LogP contribution in [0.4, 0.5) is 5.69 Å². The third-order valence-corrected chi connectivity index (χ3v) is 5.16. The highest BCUT2D eigenvalue weighted by Gasteiger charge is 2.20. The lowest BCUT2D eigenvalue weighted by atomic mass is 9.97. The molecule has 0 aliphatic heterocycles. The number of amides is 1. The number of nitrogens with one attached hydrogen (secondary N) is 1. The molecule has 0 spiro atoms. The van der Waals surface area contributed by atoms with E-state index in [0.717, 1.165) is 42.5 Å². The molecule has 1 aromatic carbocycles. The summed E-state index contributed by atoms with van der Waals surface area (Å²) in [6, 6.07) is 5.29. The van der Waals surface area contributed by atoms with Crippen LogP contribution < -0.4 is 10.9 Å². The quantitative estimate of drug-likeness (QED) is 0.766. The van der Waals surface area contributed by atoms with Crippen molar-refractivity contribution in [3.63, 3.8) is 0 Å². The molecule has 0 bridgehead atoms. The predicted octanol–water partition coefficient (Wildman–Crippen LogP) is 2.37. The minimum absolute atomic E-state index is 0.165. The van der Waals surface area contributed by atoms with Crippen molar-refractivity contribution in [1.29, 1.82) is 0 Å². The summed E-state index contributed by atoms with van der Waals surface area (Å²) in [7, 11) is 0. The Labute approximate surface area is 154 Å². The number of aryl methyl sites for hydroxylation is 2. The average molecular weight is 372 g/mol. The zero-order valence-corrected chi connectivity index (χ0v) is 15.1. The van der Waals surface area contributed by atoms with Gasteiger partial charge in [-0.3, -0.25) is 9.59 Å². The summed E-state index contributed by atoms with van der Waals surface area (Å²) in [5.41, 5.74) is 3.60. The number of hydrogen-bond donors (Lipinski definition) is 1. The molecule has 8 heteroatoms. The normalized spacial score (nSPS) is 13.6. The first-order valence-corrected chi connectivity index (χ1v) is 8.93. The molecule has 0 saturated carbocycles. The van der Waals surface area contributed by atoms with E-state index in [1.54, 1.807) is 18.2 Å². The Morgan fingerprint density at radius 3 is 2.96 bits per heavy atom. The summed E-state index contributed by atoms with van der Waals surface area (Å²) in [4.78, 5) is 25.2. The number of benzene rings is 1. The van der Waals surface area contributed by atoms with Crippen molar-refractivity contribution in [3.05, 3.63) is 56.7 Å². The van der Waals surface area contributed by atoms with Crippen LogP contribution in [0.3, 0.4) is 0 Å². The Balaban J connectivity index is 1.63. The SMILES string of the molecule is Cc1c(Cl)cccc1NC(=O)Cn1ncn2nc3c(c2c1=O)CCCC3. The molecule has 1 aliphatic carbocycles.